The molecule has 0 radical (unpaired) electrons. The van der Waals surface area contributed by atoms with Crippen molar-refractivity contribution >= 4 is 15.7 Å². The van der Waals surface area contributed by atoms with Crippen LogP contribution in [0.3, 0.4) is 0 Å². The van der Waals surface area contributed by atoms with Gasteiger partial charge in [0.2, 0.25) is 9.84 Å². The number of hydrogen-bond acceptors (Lipinski definition) is 4. The number of methoxy groups -OCH3 is 1. The Kier molecular flexibility index (Phi) is 7.19. The zero-order valence-corrected chi connectivity index (χ0v) is 17.8. The molecular weight excluding hydrogens is 443 g/mol. The van der Waals surface area contributed by atoms with E-state index < -0.39 is 32.4 Å². The fourth-order valence-electron chi connectivity index (χ4n) is 3.09. The summed E-state index contributed by atoms with van der Waals surface area (Å²) in [4.78, 5) is 12.2. The van der Waals surface area contributed by atoms with Crippen molar-refractivity contribution in [2.24, 2.45) is 0 Å². The van der Waals surface area contributed by atoms with Gasteiger partial charge in [0.05, 0.1) is 18.0 Å². The molecule has 0 aliphatic carbocycles. The van der Waals surface area contributed by atoms with Crippen molar-refractivity contribution in [3.63, 3.8) is 0 Å². The number of amides is 1. The zero-order valence-electron chi connectivity index (χ0n) is 17.0. The van der Waals surface area contributed by atoms with Crippen molar-refractivity contribution in [1.29, 1.82) is 0 Å². The van der Waals surface area contributed by atoms with Gasteiger partial charge in [0, 0.05) is 5.56 Å². The third kappa shape index (κ3) is 5.47. The highest BCUT2D eigenvalue weighted by Crippen LogP contribution is 2.23. The van der Waals surface area contributed by atoms with Gasteiger partial charge in [-0.25, -0.2) is 12.8 Å². The topological polar surface area (TPSA) is 72.5 Å². The van der Waals surface area contributed by atoms with Gasteiger partial charge >= 0.3 is 5.76 Å². The van der Waals surface area contributed by atoms with E-state index in [9.17, 15) is 26.4 Å². The molecule has 0 spiro atoms. The van der Waals surface area contributed by atoms with Gasteiger partial charge in [0.25, 0.3) is 5.91 Å². The Morgan fingerprint density at radius 1 is 0.938 bits per heavy atom. The molecule has 168 valence electrons. The largest absolute Gasteiger partial charge is 0.497 e. The molecule has 0 saturated carbocycles. The first-order valence-electron chi connectivity index (χ1n) is 9.52. The molecule has 3 aromatic carbocycles. The van der Waals surface area contributed by atoms with Crippen molar-refractivity contribution in [3.8, 4) is 5.75 Å². The molecule has 0 bridgehead atoms. The van der Waals surface area contributed by atoms with Crippen LogP contribution in [0.4, 0.5) is 13.2 Å². The van der Waals surface area contributed by atoms with Crippen molar-refractivity contribution in [1.82, 2.24) is 5.32 Å². The molecule has 0 saturated heterocycles. The van der Waals surface area contributed by atoms with Crippen LogP contribution in [0.25, 0.3) is 0 Å². The first-order chi connectivity index (χ1) is 15.2. The second-order valence-electron chi connectivity index (χ2n) is 6.96. The van der Waals surface area contributed by atoms with Crippen molar-refractivity contribution in [2.45, 2.75) is 23.1 Å². The van der Waals surface area contributed by atoms with Gasteiger partial charge in [-0.2, -0.15) is 8.78 Å². The quantitative estimate of drug-likeness (QED) is 0.532. The predicted molar refractivity (Wildman–Crippen MR) is 113 cm³/mol. The van der Waals surface area contributed by atoms with Gasteiger partial charge < -0.3 is 10.1 Å². The van der Waals surface area contributed by atoms with Gasteiger partial charge in [-0.05, 0) is 66.1 Å². The van der Waals surface area contributed by atoms with Crippen LogP contribution in [0, 0.1) is 5.82 Å². The van der Waals surface area contributed by atoms with Crippen LogP contribution in [0.5, 0.6) is 5.75 Å². The molecule has 5 nitrogen and oxygen atoms in total. The molecule has 0 aliphatic heterocycles. The number of carbonyl (C=O) groups excluding carboxylic acids is 1. The molecule has 1 unspecified atom stereocenters. The van der Waals surface area contributed by atoms with E-state index in [1.165, 1.54) is 31.4 Å². The summed E-state index contributed by atoms with van der Waals surface area (Å²) in [6, 6.07) is 16.7. The number of benzene rings is 3. The lowest BCUT2D eigenvalue weighted by Crippen LogP contribution is -2.30. The smallest absolute Gasteiger partial charge is 0.341 e. The maximum absolute atomic E-state index is 13.3. The van der Waals surface area contributed by atoms with Crippen molar-refractivity contribution in [3.05, 3.63) is 95.3 Å². The normalized spacial score (nSPS) is 12.4. The molecule has 1 atom stereocenters. The lowest BCUT2D eigenvalue weighted by atomic mass is 9.98. The maximum Gasteiger partial charge on any atom is 0.341 e. The molecular formula is C23H20F3NO4S. The summed E-state index contributed by atoms with van der Waals surface area (Å²) in [7, 11) is -3.21. The first kappa shape index (κ1) is 23.3. The Balaban J connectivity index is 1.84. The molecule has 0 aliphatic rings. The number of alkyl halides is 2. The number of rotatable bonds is 8. The number of carbonyl (C=O) groups is 1. The number of halogens is 3. The van der Waals surface area contributed by atoms with Crippen molar-refractivity contribution in [2.75, 3.05) is 7.11 Å². The Morgan fingerprint density at radius 2 is 1.53 bits per heavy atom. The van der Waals surface area contributed by atoms with E-state index in [1.807, 2.05) is 0 Å². The fraction of sp³-hybridized carbons (Fsp3) is 0.174. The highest BCUT2D eigenvalue weighted by atomic mass is 32.2. The van der Waals surface area contributed by atoms with Gasteiger partial charge in [-0.15, -0.1) is 0 Å². The Morgan fingerprint density at radius 3 is 2.06 bits per heavy atom. The van der Waals surface area contributed by atoms with E-state index in [0.717, 1.165) is 23.3 Å². The van der Waals surface area contributed by atoms with Crippen LogP contribution in [-0.4, -0.2) is 27.2 Å². The molecule has 3 rings (SSSR count). The molecule has 1 N–H and O–H groups in total. The molecule has 32 heavy (non-hydrogen) atoms. The second kappa shape index (κ2) is 9.86. The number of nitrogens with one attached hydrogen (secondary N) is 1. The average Bonchev–Trinajstić information content (AvgIpc) is 2.80. The van der Waals surface area contributed by atoms with E-state index >= 15 is 0 Å². The minimum absolute atomic E-state index is 0.107. The molecule has 1 amide bonds. The summed E-state index contributed by atoms with van der Waals surface area (Å²) in [6.07, 6.45) is 0.357. The van der Waals surface area contributed by atoms with E-state index in [0.29, 0.717) is 12.2 Å². The van der Waals surface area contributed by atoms with Crippen LogP contribution in [-0.2, 0) is 16.3 Å². The summed E-state index contributed by atoms with van der Waals surface area (Å²) in [5.41, 5.74) is 1.65. The van der Waals surface area contributed by atoms with Crippen molar-refractivity contribution < 1.29 is 31.1 Å². The minimum atomic E-state index is -4.74. The second-order valence-corrected chi connectivity index (χ2v) is 8.88. The summed E-state index contributed by atoms with van der Waals surface area (Å²) in [5, 5.41) is 2.86. The van der Waals surface area contributed by atoms with Crippen LogP contribution in [0.2, 0.25) is 0 Å². The summed E-state index contributed by atoms with van der Waals surface area (Å²) in [6.45, 7) is 0. The molecule has 0 fully saturated rings. The van der Waals surface area contributed by atoms with E-state index in [4.69, 9.17) is 4.74 Å². The first-order valence-corrected chi connectivity index (χ1v) is 11.1. The third-order valence-electron chi connectivity index (χ3n) is 4.86. The van der Waals surface area contributed by atoms with Crippen LogP contribution in [0.1, 0.15) is 27.5 Å². The molecule has 3 aromatic rings. The number of hydrogen-bond donors (Lipinski definition) is 1. The molecule has 9 heteroatoms. The zero-order chi connectivity index (χ0) is 23.3. The lowest BCUT2D eigenvalue weighted by Gasteiger charge is -2.20. The maximum atomic E-state index is 13.3. The average molecular weight is 463 g/mol. The van der Waals surface area contributed by atoms with E-state index in [1.54, 1.807) is 36.4 Å². The molecule has 0 heterocycles. The van der Waals surface area contributed by atoms with Gasteiger partial charge in [0.15, 0.2) is 0 Å². The third-order valence-corrected chi connectivity index (χ3v) is 6.25. The summed E-state index contributed by atoms with van der Waals surface area (Å²) in [5.74, 6) is -3.81. The Hall–Kier alpha value is -3.33. The monoisotopic (exact) mass is 463 g/mol. The Bertz CT molecular complexity index is 1160. The van der Waals surface area contributed by atoms with Gasteiger partial charge in [0.1, 0.15) is 11.6 Å². The van der Waals surface area contributed by atoms with Crippen LogP contribution < -0.4 is 10.1 Å². The van der Waals surface area contributed by atoms with Gasteiger partial charge in [-0.3, -0.25) is 4.79 Å². The highest BCUT2D eigenvalue weighted by Gasteiger charge is 2.26. The summed E-state index contributed by atoms with van der Waals surface area (Å²) < 4.78 is 67.0. The molecule has 0 aromatic heterocycles. The minimum Gasteiger partial charge on any atom is -0.497 e. The number of ether oxygens (including phenoxy) is 1. The summed E-state index contributed by atoms with van der Waals surface area (Å²) >= 11 is 0. The van der Waals surface area contributed by atoms with Gasteiger partial charge in [-0.1, -0.05) is 24.3 Å². The van der Waals surface area contributed by atoms with E-state index in [-0.39, 0.29) is 11.4 Å². The lowest BCUT2D eigenvalue weighted by molar-refractivity contribution is 0.0936. The van der Waals surface area contributed by atoms with E-state index in [2.05, 4.69) is 5.32 Å². The fourth-order valence-corrected chi connectivity index (χ4v) is 3.81. The Labute approximate surface area is 183 Å². The SMILES string of the molecule is COc1ccc(C(Cc2ccc(F)cc2)NC(=O)c2ccc(S(=O)(=O)C(F)F)cc2)cc1. The highest BCUT2D eigenvalue weighted by molar-refractivity contribution is 7.91. The van der Waals surface area contributed by atoms with Crippen LogP contribution in [0.15, 0.2) is 77.7 Å². The predicted octanol–water partition coefficient (Wildman–Crippen LogP) is 4.54. The standard InChI is InChI=1S/C23H20F3NO4S/c1-31-19-10-4-16(5-11-19)21(14-15-2-8-18(24)9-3-15)27-22(28)17-6-12-20(13-7-17)32(29,30)23(25)26/h2-13,21,23H,14H2,1H3,(H,27,28). The van der Waals surface area contributed by atoms with Crippen LogP contribution >= 0.6 is 0 Å². The number of sulfone groups is 1.